The molecule has 2 aromatic rings. The fraction of sp³-hybridized carbons (Fsp3) is 0.294. The average molecular weight is 366 g/mol. The Kier molecular flexibility index (Phi) is 5.36. The molecule has 1 fully saturated rings. The van der Waals surface area contributed by atoms with Gasteiger partial charge >= 0.3 is 0 Å². The number of hydrogen-bond acceptors (Lipinski definition) is 3. The summed E-state index contributed by atoms with van der Waals surface area (Å²) in [6.45, 7) is 4.30. The molecular weight excluding hydrogens is 349 g/mol. The third kappa shape index (κ3) is 3.77. The molecule has 1 aliphatic carbocycles. The van der Waals surface area contributed by atoms with E-state index in [2.05, 4.69) is 11.6 Å². The maximum absolute atomic E-state index is 6.38. The topological polar surface area (TPSA) is 29.6 Å². The molecule has 3 nitrogen and oxygen atoms in total. The first kappa shape index (κ1) is 16.5. The SMILES string of the molecule is C=CCN=c1scc(-c2ccc(Cl)cc2Cl)n1N=C1CCCC1. The third-order valence-electron chi connectivity index (χ3n) is 3.67. The molecule has 23 heavy (non-hydrogen) atoms. The predicted octanol–water partition coefficient (Wildman–Crippen LogP) is 5.39. The summed E-state index contributed by atoms with van der Waals surface area (Å²) in [5.41, 5.74) is 3.07. The molecule has 0 saturated heterocycles. The van der Waals surface area contributed by atoms with Crippen LogP contribution in [0.2, 0.25) is 10.0 Å². The van der Waals surface area contributed by atoms with E-state index >= 15 is 0 Å². The monoisotopic (exact) mass is 365 g/mol. The molecule has 1 aromatic heterocycles. The fourth-order valence-corrected chi connectivity index (χ4v) is 3.89. The van der Waals surface area contributed by atoms with Crippen molar-refractivity contribution in [1.82, 2.24) is 4.68 Å². The van der Waals surface area contributed by atoms with Gasteiger partial charge in [-0.05, 0) is 43.9 Å². The van der Waals surface area contributed by atoms with Crippen molar-refractivity contribution in [2.24, 2.45) is 10.1 Å². The Morgan fingerprint density at radius 3 is 2.74 bits per heavy atom. The number of hydrogen-bond donors (Lipinski definition) is 0. The molecule has 1 aromatic carbocycles. The first-order valence-corrected chi connectivity index (χ1v) is 9.16. The molecule has 6 heteroatoms. The van der Waals surface area contributed by atoms with E-state index in [0.29, 0.717) is 16.6 Å². The second-order valence-corrected chi connectivity index (χ2v) is 7.02. The minimum Gasteiger partial charge on any atom is -0.253 e. The zero-order valence-electron chi connectivity index (χ0n) is 12.6. The van der Waals surface area contributed by atoms with Crippen molar-refractivity contribution in [2.45, 2.75) is 25.7 Å². The van der Waals surface area contributed by atoms with Gasteiger partial charge in [0.2, 0.25) is 4.80 Å². The Hall–Kier alpha value is -1.36. The average Bonchev–Trinajstić information content (AvgIpc) is 3.16. The summed E-state index contributed by atoms with van der Waals surface area (Å²) in [5.74, 6) is 0. The Balaban J connectivity index is 2.14. The summed E-state index contributed by atoms with van der Waals surface area (Å²) in [7, 11) is 0. The van der Waals surface area contributed by atoms with Crippen molar-refractivity contribution < 1.29 is 0 Å². The van der Waals surface area contributed by atoms with Crippen molar-refractivity contribution in [1.29, 1.82) is 0 Å². The minimum absolute atomic E-state index is 0.569. The van der Waals surface area contributed by atoms with Gasteiger partial charge in [-0.25, -0.2) is 4.68 Å². The number of rotatable bonds is 4. The number of nitrogens with zero attached hydrogens (tertiary/aromatic N) is 3. The zero-order chi connectivity index (χ0) is 16.2. The number of aromatic nitrogens is 1. The lowest BCUT2D eigenvalue weighted by molar-refractivity contribution is 0.828. The smallest absolute Gasteiger partial charge is 0.206 e. The van der Waals surface area contributed by atoms with Crippen LogP contribution >= 0.6 is 34.5 Å². The van der Waals surface area contributed by atoms with Gasteiger partial charge in [-0.15, -0.1) is 17.9 Å². The van der Waals surface area contributed by atoms with Crippen LogP contribution in [-0.4, -0.2) is 16.9 Å². The van der Waals surface area contributed by atoms with Gasteiger partial charge in [0.15, 0.2) is 0 Å². The standard InChI is InChI=1S/C17H17Cl2N3S/c1-2-9-20-17-22(21-13-5-3-4-6-13)16(11-23-17)14-8-7-12(18)10-15(14)19/h2,7-8,10-11H,1,3-6,9H2. The van der Waals surface area contributed by atoms with E-state index in [-0.39, 0.29) is 0 Å². The molecule has 0 aliphatic heterocycles. The van der Waals surface area contributed by atoms with Crippen molar-refractivity contribution in [3.05, 3.63) is 51.1 Å². The number of thiazole rings is 1. The Morgan fingerprint density at radius 1 is 1.26 bits per heavy atom. The van der Waals surface area contributed by atoms with E-state index in [0.717, 1.165) is 28.9 Å². The molecule has 0 atom stereocenters. The highest BCUT2D eigenvalue weighted by molar-refractivity contribution is 7.07. The summed E-state index contributed by atoms with van der Waals surface area (Å²) in [5, 5.41) is 8.11. The van der Waals surface area contributed by atoms with Gasteiger partial charge in [0, 0.05) is 21.7 Å². The highest BCUT2D eigenvalue weighted by Gasteiger charge is 2.14. The van der Waals surface area contributed by atoms with Crippen LogP contribution in [0.3, 0.4) is 0 Å². The first-order valence-electron chi connectivity index (χ1n) is 7.53. The lowest BCUT2D eigenvalue weighted by Gasteiger charge is -2.07. The quantitative estimate of drug-likeness (QED) is 0.650. The number of benzene rings is 1. The van der Waals surface area contributed by atoms with Crippen LogP contribution in [-0.2, 0) is 0 Å². The highest BCUT2D eigenvalue weighted by Crippen LogP contribution is 2.31. The maximum atomic E-state index is 6.38. The normalized spacial score (nSPS) is 15.2. The minimum atomic E-state index is 0.569. The van der Waals surface area contributed by atoms with Crippen LogP contribution in [0, 0.1) is 0 Å². The lowest BCUT2D eigenvalue weighted by Crippen LogP contribution is -2.14. The van der Waals surface area contributed by atoms with Gasteiger partial charge in [0.25, 0.3) is 0 Å². The van der Waals surface area contributed by atoms with E-state index in [1.165, 1.54) is 18.6 Å². The van der Waals surface area contributed by atoms with Gasteiger partial charge in [-0.2, -0.15) is 5.10 Å². The summed E-state index contributed by atoms with van der Waals surface area (Å²) in [6.07, 6.45) is 6.30. The van der Waals surface area contributed by atoms with Gasteiger partial charge in [0.1, 0.15) is 0 Å². The summed E-state index contributed by atoms with van der Waals surface area (Å²) in [4.78, 5) is 5.40. The van der Waals surface area contributed by atoms with Gasteiger partial charge in [-0.3, -0.25) is 4.99 Å². The molecular formula is C17H17Cl2N3S. The Bertz CT molecular complexity index is 809. The Morgan fingerprint density at radius 2 is 2.04 bits per heavy atom. The van der Waals surface area contributed by atoms with E-state index in [9.17, 15) is 0 Å². The zero-order valence-corrected chi connectivity index (χ0v) is 15.0. The van der Waals surface area contributed by atoms with Crippen LogP contribution in [0.4, 0.5) is 0 Å². The fourth-order valence-electron chi connectivity index (χ4n) is 2.55. The molecule has 0 unspecified atom stereocenters. The predicted molar refractivity (Wildman–Crippen MR) is 99.7 cm³/mol. The van der Waals surface area contributed by atoms with E-state index in [1.54, 1.807) is 23.5 Å². The van der Waals surface area contributed by atoms with Crippen molar-refractivity contribution >= 4 is 40.3 Å². The van der Waals surface area contributed by atoms with Crippen LogP contribution in [0.1, 0.15) is 25.7 Å². The second kappa shape index (κ2) is 7.47. The summed E-state index contributed by atoms with van der Waals surface area (Å²) < 4.78 is 1.91. The molecule has 0 radical (unpaired) electrons. The van der Waals surface area contributed by atoms with E-state index in [1.807, 2.05) is 22.2 Å². The molecule has 1 saturated carbocycles. The van der Waals surface area contributed by atoms with Crippen molar-refractivity contribution in [3.63, 3.8) is 0 Å². The number of halogens is 2. The lowest BCUT2D eigenvalue weighted by atomic mass is 10.2. The molecule has 0 amide bonds. The van der Waals surface area contributed by atoms with Gasteiger partial charge in [-0.1, -0.05) is 29.3 Å². The van der Waals surface area contributed by atoms with Crippen molar-refractivity contribution in [3.8, 4) is 11.3 Å². The maximum Gasteiger partial charge on any atom is 0.206 e. The second-order valence-electron chi connectivity index (χ2n) is 5.34. The Labute approximate surface area is 149 Å². The molecule has 0 N–H and O–H groups in total. The van der Waals surface area contributed by atoms with Crippen LogP contribution < -0.4 is 4.80 Å². The molecule has 1 heterocycles. The third-order valence-corrected chi connectivity index (χ3v) is 5.07. The molecule has 0 spiro atoms. The largest absolute Gasteiger partial charge is 0.253 e. The van der Waals surface area contributed by atoms with E-state index < -0.39 is 0 Å². The van der Waals surface area contributed by atoms with Crippen LogP contribution in [0.15, 0.2) is 46.3 Å². The summed E-state index contributed by atoms with van der Waals surface area (Å²) >= 11 is 13.9. The van der Waals surface area contributed by atoms with E-state index in [4.69, 9.17) is 28.3 Å². The molecule has 1 aliphatic rings. The van der Waals surface area contributed by atoms with Gasteiger partial charge < -0.3 is 0 Å². The van der Waals surface area contributed by atoms with Crippen LogP contribution in [0.5, 0.6) is 0 Å². The van der Waals surface area contributed by atoms with Crippen LogP contribution in [0.25, 0.3) is 11.3 Å². The molecule has 0 bridgehead atoms. The molecule has 3 rings (SSSR count). The van der Waals surface area contributed by atoms with Gasteiger partial charge in [0.05, 0.1) is 17.3 Å². The first-order chi connectivity index (χ1) is 11.2. The summed E-state index contributed by atoms with van der Waals surface area (Å²) in [6, 6.07) is 5.52. The van der Waals surface area contributed by atoms with Crippen molar-refractivity contribution in [2.75, 3.05) is 6.54 Å². The highest BCUT2D eigenvalue weighted by atomic mass is 35.5. The molecule has 120 valence electrons.